The van der Waals surface area contributed by atoms with Crippen LogP contribution in [0.1, 0.15) is 44.3 Å². The standard InChI is InChI=1S/C21H29NO3/c23-16-21(14-18-6-3-4-12-24-18)8-10-22(11-9-21)15-19-13-17-5-1-2-7-20(17)25-19/h1-2,5,7,13,18,23H,3-4,6,8-12,14-16H2. The van der Waals surface area contributed by atoms with Gasteiger partial charge in [-0.15, -0.1) is 0 Å². The van der Waals surface area contributed by atoms with E-state index in [1.54, 1.807) is 0 Å². The first-order valence-electron chi connectivity index (χ1n) is 9.69. The third-order valence-electron chi connectivity index (χ3n) is 6.04. The maximum atomic E-state index is 10.1. The van der Waals surface area contributed by atoms with Gasteiger partial charge in [-0.05, 0) is 69.2 Å². The van der Waals surface area contributed by atoms with Crippen molar-refractivity contribution in [2.24, 2.45) is 5.41 Å². The summed E-state index contributed by atoms with van der Waals surface area (Å²) in [5.74, 6) is 1.04. The maximum Gasteiger partial charge on any atom is 0.134 e. The average Bonchev–Trinajstić information content (AvgIpc) is 3.07. The number of aliphatic hydroxyl groups excluding tert-OH is 1. The van der Waals surface area contributed by atoms with E-state index in [1.807, 2.05) is 18.2 Å². The van der Waals surface area contributed by atoms with E-state index in [2.05, 4.69) is 17.0 Å². The van der Waals surface area contributed by atoms with Gasteiger partial charge in [-0.3, -0.25) is 4.90 Å². The Kier molecular flexibility index (Phi) is 5.11. The molecule has 136 valence electrons. The third kappa shape index (κ3) is 3.91. The highest BCUT2D eigenvalue weighted by Gasteiger charge is 2.37. The molecule has 2 aliphatic heterocycles. The number of piperidine rings is 1. The number of rotatable bonds is 5. The number of ether oxygens (including phenoxy) is 1. The molecule has 0 saturated carbocycles. The zero-order chi connectivity index (χ0) is 17.1. The third-order valence-corrected chi connectivity index (χ3v) is 6.04. The molecular formula is C21H29NO3. The van der Waals surface area contributed by atoms with Gasteiger partial charge >= 0.3 is 0 Å². The van der Waals surface area contributed by atoms with E-state index >= 15 is 0 Å². The van der Waals surface area contributed by atoms with Crippen LogP contribution in [0.25, 0.3) is 11.0 Å². The first-order valence-corrected chi connectivity index (χ1v) is 9.69. The average molecular weight is 343 g/mol. The SMILES string of the molecule is OCC1(CC2CCCCO2)CCN(Cc2cc3ccccc3o2)CC1. The van der Waals surface area contributed by atoms with E-state index in [9.17, 15) is 5.11 Å². The van der Waals surface area contributed by atoms with Gasteiger partial charge in [0.25, 0.3) is 0 Å². The molecule has 2 aliphatic rings. The van der Waals surface area contributed by atoms with E-state index in [0.29, 0.717) is 6.10 Å². The molecule has 2 fully saturated rings. The number of hydrogen-bond donors (Lipinski definition) is 1. The largest absolute Gasteiger partial charge is 0.460 e. The number of likely N-dealkylation sites (tertiary alicyclic amines) is 1. The number of nitrogens with zero attached hydrogens (tertiary/aromatic N) is 1. The molecule has 4 rings (SSSR count). The van der Waals surface area contributed by atoms with Crippen LogP contribution in [-0.4, -0.2) is 42.4 Å². The lowest BCUT2D eigenvalue weighted by atomic mass is 9.74. The van der Waals surface area contributed by atoms with Crippen LogP contribution >= 0.6 is 0 Å². The van der Waals surface area contributed by atoms with Gasteiger partial charge in [-0.25, -0.2) is 0 Å². The van der Waals surface area contributed by atoms with Crippen LogP contribution in [-0.2, 0) is 11.3 Å². The monoisotopic (exact) mass is 343 g/mol. The van der Waals surface area contributed by atoms with E-state index < -0.39 is 0 Å². The summed E-state index contributed by atoms with van der Waals surface area (Å²) < 4.78 is 11.9. The fourth-order valence-corrected chi connectivity index (χ4v) is 4.40. The fraction of sp³-hybridized carbons (Fsp3) is 0.619. The topological polar surface area (TPSA) is 45.8 Å². The van der Waals surface area contributed by atoms with E-state index in [1.165, 1.54) is 18.2 Å². The highest BCUT2D eigenvalue weighted by atomic mass is 16.5. The molecule has 25 heavy (non-hydrogen) atoms. The highest BCUT2D eigenvalue weighted by Crippen LogP contribution is 2.38. The van der Waals surface area contributed by atoms with Gasteiger partial charge in [0, 0.05) is 18.6 Å². The van der Waals surface area contributed by atoms with Gasteiger partial charge in [-0.2, -0.15) is 0 Å². The molecule has 1 atom stereocenters. The number of aliphatic hydroxyl groups is 1. The second-order valence-corrected chi connectivity index (χ2v) is 7.88. The summed E-state index contributed by atoms with van der Waals surface area (Å²) in [6, 6.07) is 10.3. The molecule has 1 unspecified atom stereocenters. The summed E-state index contributed by atoms with van der Waals surface area (Å²) in [6.45, 7) is 4.07. The van der Waals surface area contributed by atoms with Crippen LogP contribution in [0.4, 0.5) is 0 Å². The van der Waals surface area contributed by atoms with Crippen LogP contribution in [0.2, 0.25) is 0 Å². The summed E-state index contributed by atoms with van der Waals surface area (Å²) in [4.78, 5) is 2.45. The summed E-state index contributed by atoms with van der Waals surface area (Å²) in [7, 11) is 0. The normalized spacial score (nSPS) is 24.6. The minimum atomic E-state index is 0.0480. The molecule has 2 aromatic rings. The van der Waals surface area contributed by atoms with Gasteiger partial charge in [0.05, 0.1) is 12.6 Å². The van der Waals surface area contributed by atoms with E-state index in [0.717, 1.165) is 63.3 Å². The minimum Gasteiger partial charge on any atom is -0.460 e. The van der Waals surface area contributed by atoms with Crippen LogP contribution in [0, 0.1) is 5.41 Å². The number of furan rings is 1. The highest BCUT2D eigenvalue weighted by molar-refractivity contribution is 5.77. The molecule has 0 amide bonds. The molecule has 1 N–H and O–H groups in total. The molecule has 3 heterocycles. The van der Waals surface area contributed by atoms with Crippen molar-refractivity contribution in [2.75, 3.05) is 26.3 Å². The second kappa shape index (κ2) is 7.48. The van der Waals surface area contributed by atoms with E-state index in [-0.39, 0.29) is 12.0 Å². The molecule has 0 bridgehead atoms. The van der Waals surface area contributed by atoms with Crippen molar-refractivity contribution in [3.05, 3.63) is 36.1 Å². The first kappa shape index (κ1) is 17.1. The zero-order valence-corrected chi connectivity index (χ0v) is 15.0. The van der Waals surface area contributed by atoms with Crippen molar-refractivity contribution in [3.8, 4) is 0 Å². The van der Waals surface area contributed by atoms with Crippen molar-refractivity contribution in [2.45, 2.75) is 51.2 Å². The number of benzene rings is 1. The molecule has 0 aliphatic carbocycles. The second-order valence-electron chi connectivity index (χ2n) is 7.88. The van der Waals surface area contributed by atoms with Crippen molar-refractivity contribution >= 4 is 11.0 Å². The predicted molar refractivity (Wildman–Crippen MR) is 98.5 cm³/mol. The molecule has 4 nitrogen and oxygen atoms in total. The van der Waals surface area contributed by atoms with Gasteiger partial charge in [0.15, 0.2) is 0 Å². The van der Waals surface area contributed by atoms with Crippen molar-refractivity contribution < 1.29 is 14.3 Å². The Labute approximate surface area is 149 Å². The van der Waals surface area contributed by atoms with Gasteiger partial charge in [0.1, 0.15) is 11.3 Å². The lowest BCUT2D eigenvalue weighted by Crippen LogP contribution is -2.44. The van der Waals surface area contributed by atoms with E-state index in [4.69, 9.17) is 9.15 Å². The summed E-state index contributed by atoms with van der Waals surface area (Å²) in [6.07, 6.45) is 7.07. The lowest BCUT2D eigenvalue weighted by molar-refractivity contribution is -0.0490. The number of fused-ring (bicyclic) bond motifs is 1. The summed E-state index contributed by atoms with van der Waals surface area (Å²) >= 11 is 0. The quantitative estimate of drug-likeness (QED) is 0.892. The molecule has 4 heteroatoms. The smallest absolute Gasteiger partial charge is 0.134 e. The first-order chi connectivity index (χ1) is 12.3. The zero-order valence-electron chi connectivity index (χ0n) is 15.0. The van der Waals surface area contributed by atoms with Crippen LogP contribution in [0.3, 0.4) is 0 Å². The Morgan fingerprint density at radius 3 is 2.72 bits per heavy atom. The van der Waals surface area contributed by atoms with Crippen molar-refractivity contribution in [1.82, 2.24) is 4.90 Å². The molecule has 2 saturated heterocycles. The van der Waals surface area contributed by atoms with Gasteiger partial charge in [-0.1, -0.05) is 18.2 Å². The molecule has 1 aromatic heterocycles. The van der Waals surface area contributed by atoms with Crippen LogP contribution < -0.4 is 0 Å². The fourth-order valence-electron chi connectivity index (χ4n) is 4.40. The molecular weight excluding hydrogens is 314 g/mol. The lowest BCUT2D eigenvalue weighted by Gasteiger charge is -2.42. The number of hydrogen-bond acceptors (Lipinski definition) is 4. The Morgan fingerprint density at radius 2 is 2.00 bits per heavy atom. The Morgan fingerprint density at radius 1 is 1.16 bits per heavy atom. The van der Waals surface area contributed by atoms with Crippen molar-refractivity contribution in [1.29, 1.82) is 0 Å². The Hall–Kier alpha value is -1.36. The molecule has 0 radical (unpaired) electrons. The minimum absolute atomic E-state index is 0.0480. The maximum absolute atomic E-state index is 10.1. The van der Waals surface area contributed by atoms with Gasteiger partial charge < -0.3 is 14.3 Å². The molecule has 1 aromatic carbocycles. The predicted octanol–water partition coefficient (Wildman–Crippen LogP) is 3.97. The van der Waals surface area contributed by atoms with Crippen LogP contribution in [0.15, 0.2) is 34.7 Å². The van der Waals surface area contributed by atoms with Crippen molar-refractivity contribution in [3.63, 3.8) is 0 Å². The summed E-state index contributed by atoms with van der Waals surface area (Å²) in [5.41, 5.74) is 1.01. The Balaban J connectivity index is 1.34. The van der Waals surface area contributed by atoms with Crippen LogP contribution in [0.5, 0.6) is 0 Å². The summed E-state index contributed by atoms with van der Waals surface area (Å²) in [5, 5.41) is 11.2. The molecule has 0 spiro atoms. The Bertz CT molecular complexity index is 648. The van der Waals surface area contributed by atoms with Gasteiger partial charge in [0.2, 0.25) is 0 Å². The number of para-hydroxylation sites is 1.